The van der Waals surface area contributed by atoms with Gasteiger partial charge in [-0.2, -0.15) is 5.26 Å². The maximum absolute atomic E-state index is 12.6. The van der Waals surface area contributed by atoms with Gasteiger partial charge < -0.3 is 14.8 Å². The number of anilines is 1. The predicted molar refractivity (Wildman–Crippen MR) is 127 cm³/mol. The van der Waals surface area contributed by atoms with Gasteiger partial charge in [0.15, 0.2) is 11.5 Å². The van der Waals surface area contributed by atoms with Gasteiger partial charge in [0.1, 0.15) is 18.2 Å². The van der Waals surface area contributed by atoms with E-state index in [0.29, 0.717) is 41.0 Å². The second kappa shape index (κ2) is 11.0. The molecule has 0 aliphatic rings. The second-order valence-corrected chi connectivity index (χ2v) is 7.43. The number of amides is 1. The standard InChI is InChI=1S/C26H23ClN2O3/c1-3-31-25-15-20(10-13-24(25)32-17-19-8-11-22(27)12-9-19)14-21(16-28)26(30)29-23-7-5-4-6-18(23)2/h4-15H,3,17H2,1-2H3,(H,29,30)/b21-14-. The Bertz CT molecular complexity index is 1160. The van der Waals surface area contributed by atoms with E-state index in [1.165, 1.54) is 6.08 Å². The molecule has 5 nitrogen and oxygen atoms in total. The Morgan fingerprint density at radius 1 is 1.06 bits per heavy atom. The fourth-order valence-electron chi connectivity index (χ4n) is 2.96. The van der Waals surface area contributed by atoms with E-state index >= 15 is 0 Å². The molecule has 0 heterocycles. The number of nitriles is 1. The van der Waals surface area contributed by atoms with Crippen molar-refractivity contribution in [3.8, 4) is 17.6 Å². The molecule has 0 bridgehead atoms. The molecule has 0 unspecified atom stereocenters. The lowest BCUT2D eigenvalue weighted by Crippen LogP contribution is -2.14. The summed E-state index contributed by atoms with van der Waals surface area (Å²) in [4.78, 5) is 12.6. The van der Waals surface area contributed by atoms with Crippen LogP contribution >= 0.6 is 11.6 Å². The number of nitrogens with one attached hydrogen (secondary N) is 1. The number of para-hydroxylation sites is 1. The van der Waals surface area contributed by atoms with Crippen LogP contribution in [0.25, 0.3) is 6.08 Å². The van der Waals surface area contributed by atoms with Crippen molar-refractivity contribution in [1.82, 2.24) is 0 Å². The lowest BCUT2D eigenvalue weighted by Gasteiger charge is -2.13. The van der Waals surface area contributed by atoms with Crippen molar-refractivity contribution in [2.75, 3.05) is 11.9 Å². The first-order valence-corrected chi connectivity index (χ1v) is 10.5. The highest BCUT2D eigenvalue weighted by molar-refractivity contribution is 6.30. The van der Waals surface area contributed by atoms with E-state index in [9.17, 15) is 10.1 Å². The molecule has 0 aliphatic heterocycles. The summed E-state index contributed by atoms with van der Waals surface area (Å²) in [5.74, 6) is 0.636. The van der Waals surface area contributed by atoms with Crippen LogP contribution in [0, 0.1) is 18.3 Å². The Kier molecular flexibility index (Phi) is 7.91. The Balaban J connectivity index is 1.78. The third-order valence-corrected chi connectivity index (χ3v) is 4.90. The lowest BCUT2D eigenvalue weighted by atomic mass is 10.1. The zero-order valence-corrected chi connectivity index (χ0v) is 18.6. The van der Waals surface area contributed by atoms with Crippen LogP contribution in [-0.4, -0.2) is 12.5 Å². The summed E-state index contributed by atoms with van der Waals surface area (Å²) < 4.78 is 11.6. The van der Waals surface area contributed by atoms with Gasteiger partial charge in [-0.25, -0.2) is 0 Å². The summed E-state index contributed by atoms with van der Waals surface area (Å²) in [7, 11) is 0. The zero-order valence-electron chi connectivity index (χ0n) is 17.9. The number of rotatable bonds is 8. The van der Waals surface area contributed by atoms with Crippen LogP contribution in [0.4, 0.5) is 5.69 Å². The van der Waals surface area contributed by atoms with Crippen molar-refractivity contribution >= 4 is 29.3 Å². The number of nitrogens with zero attached hydrogens (tertiary/aromatic N) is 1. The van der Waals surface area contributed by atoms with Gasteiger partial charge in [-0.1, -0.05) is 48.0 Å². The molecule has 0 spiro atoms. The van der Waals surface area contributed by atoms with Crippen LogP contribution in [0.1, 0.15) is 23.6 Å². The maximum Gasteiger partial charge on any atom is 0.266 e. The third-order valence-electron chi connectivity index (χ3n) is 4.64. The molecule has 1 amide bonds. The summed E-state index contributed by atoms with van der Waals surface area (Å²) in [6.45, 7) is 4.57. The smallest absolute Gasteiger partial charge is 0.266 e. The summed E-state index contributed by atoms with van der Waals surface area (Å²) >= 11 is 5.92. The summed E-state index contributed by atoms with van der Waals surface area (Å²) in [6, 6.07) is 22.1. The third kappa shape index (κ3) is 6.13. The highest BCUT2D eigenvalue weighted by Gasteiger charge is 2.12. The molecular formula is C26H23ClN2O3. The van der Waals surface area contributed by atoms with Gasteiger partial charge in [0, 0.05) is 10.7 Å². The fraction of sp³-hybridized carbons (Fsp3) is 0.154. The van der Waals surface area contributed by atoms with Crippen LogP contribution in [0.15, 0.2) is 72.3 Å². The minimum absolute atomic E-state index is 0.00876. The predicted octanol–water partition coefficient (Wildman–Crippen LogP) is 6.17. The Labute approximate surface area is 192 Å². The van der Waals surface area contributed by atoms with Crippen molar-refractivity contribution in [3.05, 3.63) is 94.0 Å². The van der Waals surface area contributed by atoms with Crippen molar-refractivity contribution in [3.63, 3.8) is 0 Å². The van der Waals surface area contributed by atoms with E-state index in [1.54, 1.807) is 24.3 Å². The molecule has 0 radical (unpaired) electrons. The molecule has 3 aromatic rings. The quantitative estimate of drug-likeness (QED) is 0.331. The van der Waals surface area contributed by atoms with Crippen molar-refractivity contribution in [2.24, 2.45) is 0 Å². The van der Waals surface area contributed by atoms with Gasteiger partial charge in [0.05, 0.1) is 6.61 Å². The fourth-order valence-corrected chi connectivity index (χ4v) is 3.09. The van der Waals surface area contributed by atoms with E-state index in [4.69, 9.17) is 21.1 Å². The van der Waals surface area contributed by atoms with Crippen molar-refractivity contribution < 1.29 is 14.3 Å². The highest BCUT2D eigenvalue weighted by atomic mass is 35.5. The van der Waals surface area contributed by atoms with Gasteiger partial charge in [-0.15, -0.1) is 0 Å². The maximum atomic E-state index is 12.6. The average molecular weight is 447 g/mol. The van der Waals surface area contributed by atoms with Gasteiger partial charge in [-0.3, -0.25) is 4.79 Å². The number of benzene rings is 3. The first-order valence-electron chi connectivity index (χ1n) is 10.1. The monoisotopic (exact) mass is 446 g/mol. The van der Waals surface area contributed by atoms with E-state index in [-0.39, 0.29) is 5.57 Å². The first kappa shape index (κ1) is 22.9. The molecule has 3 aromatic carbocycles. The molecule has 0 saturated carbocycles. The van der Waals surface area contributed by atoms with Crippen LogP contribution in [0.5, 0.6) is 11.5 Å². The number of aryl methyl sites for hydroxylation is 1. The number of carbonyl (C=O) groups excluding carboxylic acids is 1. The van der Waals surface area contributed by atoms with Crippen LogP contribution in [0.2, 0.25) is 5.02 Å². The first-order chi connectivity index (χ1) is 15.5. The average Bonchev–Trinajstić information content (AvgIpc) is 2.79. The molecular weight excluding hydrogens is 424 g/mol. The molecule has 0 aromatic heterocycles. The number of carbonyl (C=O) groups is 1. The Morgan fingerprint density at radius 3 is 2.50 bits per heavy atom. The van der Waals surface area contributed by atoms with Gasteiger partial charge >= 0.3 is 0 Å². The SMILES string of the molecule is CCOc1cc(/C=C(/C#N)C(=O)Nc2ccccc2C)ccc1OCc1ccc(Cl)cc1. The molecule has 162 valence electrons. The molecule has 0 atom stereocenters. The second-order valence-electron chi connectivity index (χ2n) is 6.99. The molecule has 0 fully saturated rings. The minimum Gasteiger partial charge on any atom is -0.490 e. The van der Waals surface area contributed by atoms with Gasteiger partial charge in [0.25, 0.3) is 5.91 Å². The number of halogens is 1. The summed E-state index contributed by atoms with van der Waals surface area (Å²) in [5.41, 5.74) is 3.20. The number of hydrogen-bond acceptors (Lipinski definition) is 4. The van der Waals surface area contributed by atoms with E-state index in [0.717, 1.165) is 11.1 Å². The number of ether oxygens (including phenoxy) is 2. The Morgan fingerprint density at radius 2 is 1.81 bits per heavy atom. The van der Waals surface area contributed by atoms with Gasteiger partial charge in [-0.05, 0) is 66.9 Å². The highest BCUT2D eigenvalue weighted by Crippen LogP contribution is 2.30. The van der Waals surface area contributed by atoms with Crippen LogP contribution in [0.3, 0.4) is 0 Å². The molecule has 1 N–H and O–H groups in total. The summed E-state index contributed by atoms with van der Waals surface area (Å²) in [5, 5.41) is 13.0. The largest absolute Gasteiger partial charge is 0.490 e. The lowest BCUT2D eigenvalue weighted by molar-refractivity contribution is -0.112. The van der Waals surface area contributed by atoms with E-state index in [1.807, 2.05) is 62.4 Å². The zero-order chi connectivity index (χ0) is 22.9. The Hall–Kier alpha value is -3.75. The number of hydrogen-bond donors (Lipinski definition) is 1. The molecule has 0 saturated heterocycles. The normalized spacial score (nSPS) is 10.9. The van der Waals surface area contributed by atoms with Crippen LogP contribution in [-0.2, 0) is 11.4 Å². The van der Waals surface area contributed by atoms with Crippen molar-refractivity contribution in [2.45, 2.75) is 20.5 Å². The minimum atomic E-state index is -0.470. The summed E-state index contributed by atoms with van der Waals surface area (Å²) in [6.07, 6.45) is 1.53. The topological polar surface area (TPSA) is 71.3 Å². The van der Waals surface area contributed by atoms with Crippen LogP contribution < -0.4 is 14.8 Å². The molecule has 3 rings (SSSR count). The van der Waals surface area contributed by atoms with E-state index in [2.05, 4.69) is 5.32 Å². The molecule has 6 heteroatoms. The van der Waals surface area contributed by atoms with E-state index < -0.39 is 5.91 Å². The molecule has 32 heavy (non-hydrogen) atoms. The van der Waals surface area contributed by atoms with Gasteiger partial charge in [0.2, 0.25) is 0 Å². The molecule has 0 aliphatic carbocycles. The van der Waals surface area contributed by atoms with Crippen molar-refractivity contribution in [1.29, 1.82) is 5.26 Å².